The van der Waals surface area contributed by atoms with Gasteiger partial charge in [-0.25, -0.2) is 9.69 Å². The van der Waals surface area contributed by atoms with E-state index < -0.39 is 23.7 Å². The molecule has 156 valence electrons. The number of hydrogen-bond acceptors (Lipinski definition) is 4. The van der Waals surface area contributed by atoms with Crippen LogP contribution < -0.4 is 5.32 Å². The van der Waals surface area contributed by atoms with Gasteiger partial charge in [0, 0.05) is 13.1 Å². The number of imide groups is 1. The molecule has 2 unspecified atom stereocenters. The van der Waals surface area contributed by atoms with Crippen molar-refractivity contribution >= 4 is 17.8 Å². The zero-order chi connectivity index (χ0) is 20.6. The summed E-state index contributed by atoms with van der Waals surface area (Å²) in [7, 11) is 0. The number of urea groups is 1. The fourth-order valence-corrected chi connectivity index (χ4v) is 5.04. The first-order valence-electron chi connectivity index (χ1n) is 10.6. The highest BCUT2D eigenvalue weighted by Gasteiger charge is 2.54. The van der Waals surface area contributed by atoms with Gasteiger partial charge in [0.15, 0.2) is 0 Å². The molecular formula is C22H29N3O4. The minimum Gasteiger partial charge on any atom is -0.388 e. The van der Waals surface area contributed by atoms with Crippen LogP contribution in [0.5, 0.6) is 0 Å². The molecule has 1 aliphatic carbocycles. The van der Waals surface area contributed by atoms with Crippen LogP contribution in [0.3, 0.4) is 0 Å². The number of likely N-dealkylation sites (tertiary alicyclic amines) is 1. The number of nitrogens with zero attached hydrogens (tertiary/aromatic N) is 2. The van der Waals surface area contributed by atoms with Crippen molar-refractivity contribution in [1.82, 2.24) is 15.1 Å². The molecule has 29 heavy (non-hydrogen) atoms. The van der Waals surface area contributed by atoms with Crippen LogP contribution in [0.4, 0.5) is 4.79 Å². The van der Waals surface area contributed by atoms with E-state index in [0.29, 0.717) is 38.8 Å². The first-order valence-corrected chi connectivity index (χ1v) is 10.6. The van der Waals surface area contributed by atoms with Crippen molar-refractivity contribution in [3.8, 4) is 0 Å². The lowest BCUT2D eigenvalue weighted by Crippen LogP contribution is -2.52. The second-order valence-electron chi connectivity index (χ2n) is 8.59. The van der Waals surface area contributed by atoms with E-state index in [-0.39, 0.29) is 17.7 Å². The van der Waals surface area contributed by atoms with Crippen LogP contribution >= 0.6 is 0 Å². The quantitative estimate of drug-likeness (QED) is 0.760. The Kier molecular flexibility index (Phi) is 5.34. The third-order valence-corrected chi connectivity index (χ3v) is 6.83. The highest BCUT2D eigenvalue weighted by molar-refractivity contribution is 6.09. The van der Waals surface area contributed by atoms with Gasteiger partial charge >= 0.3 is 6.03 Å². The average molecular weight is 399 g/mol. The molecule has 3 fully saturated rings. The summed E-state index contributed by atoms with van der Waals surface area (Å²) in [5.74, 6) is -0.360. The summed E-state index contributed by atoms with van der Waals surface area (Å²) in [4.78, 5) is 41.2. The summed E-state index contributed by atoms with van der Waals surface area (Å²) in [5.41, 5.74) is 0.102. The van der Waals surface area contributed by atoms with E-state index in [9.17, 15) is 19.5 Å². The molecule has 1 aromatic rings. The molecule has 7 nitrogen and oxygen atoms in total. The van der Waals surface area contributed by atoms with E-state index in [2.05, 4.69) is 5.32 Å². The topological polar surface area (TPSA) is 90.0 Å². The molecule has 2 aliphatic heterocycles. The number of benzene rings is 1. The van der Waals surface area contributed by atoms with Crippen molar-refractivity contribution in [3.05, 3.63) is 35.9 Å². The van der Waals surface area contributed by atoms with Crippen LogP contribution in [0.15, 0.2) is 30.3 Å². The maximum Gasteiger partial charge on any atom is 0.325 e. The third-order valence-electron chi connectivity index (χ3n) is 6.83. The molecule has 0 aromatic heterocycles. The summed E-state index contributed by atoms with van der Waals surface area (Å²) in [6.07, 6.45) is 3.98. The van der Waals surface area contributed by atoms with Gasteiger partial charge in [-0.2, -0.15) is 0 Å². The van der Waals surface area contributed by atoms with Crippen molar-refractivity contribution in [2.45, 2.75) is 63.1 Å². The molecule has 2 heterocycles. The number of amides is 4. The van der Waals surface area contributed by atoms with E-state index in [1.165, 1.54) is 0 Å². The highest BCUT2D eigenvalue weighted by Crippen LogP contribution is 2.36. The largest absolute Gasteiger partial charge is 0.388 e. The molecule has 4 rings (SSSR count). The Hall–Kier alpha value is -2.41. The molecule has 0 bridgehead atoms. The van der Waals surface area contributed by atoms with Crippen LogP contribution in [0.1, 0.15) is 57.1 Å². The van der Waals surface area contributed by atoms with Crippen molar-refractivity contribution in [3.63, 3.8) is 0 Å². The van der Waals surface area contributed by atoms with E-state index in [1.54, 1.807) is 11.8 Å². The number of rotatable bonds is 4. The van der Waals surface area contributed by atoms with Gasteiger partial charge in [0.2, 0.25) is 5.91 Å². The Morgan fingerprint density at radius 3 is 2.38 bits per heavy atom. The van der Waals surface area contributed by atoms with Gasteiger partial charge in [-0.3, -0.25) is 9.59 Å². The standard InChI is InChI=1S/C22H29N3O4/c1-15(25-20(28)22(23-21(25)29)11-5-6-12-22)19(27)24-13-9-17(10-14-24)18(26)16-7-3-2-4-8-16/h2-4,7-8,15,17-18,26H,5-6,9-14H2,1H3,(H,23,29). The van der Waals surface area contributed by atoms with E-state index >= 15 is 0 Å². The van der Waals surface area contributed by atoms with Crippen molar-refractivity contribution in [2.75, 3.05) is 13.1 Å². The monoisotopic (exact) mass is 399 g/mol. The first-order chi connectivity index (χ1) is 13.9. The van der Waals surface area contributed by atoms with Crippen molar-refractivity contribution in [1.29, 1.82) is 0 Å². The highest BCUT2D eigenvalue weighted by atomic mass is 16.3. The molecule has 7 heteroatoms. The lowest BCUT2D eigenvalue weighted by Gasteiger charge is -2.36. The maximum atomic E-state index is 13.0. The fraction of sp³-hybridized carbons (Fsp3) is 0.591. The Morgan fingerprint density at radius 2 is 1.76 bits per heavy atom. The summed E-state index contributed by atoms with van der Waals surface area (Å²) >= 11 is 0. The van der Waals surface area contributed by atoms with Crippen LogP contribution in [-0.2, 0) is 9.59 Å². The van der Waals surface area contributed by atoms with Crippen molar-refractivity contribution < 1.29 is 19.5 Å². The lowest BCUT2D eigenvalue weighted by molar-refractivity contribution is -0.144. The number of carbonyl (C=O) groups is 3. The predicted octanol–water partition coefficient (Wildman–Crippen LogP) is 2.21. The number of aliphatic hydroxyl groups is 1. The number of nitrogens with one attached hydrogen (secondary N) is 1. The van der Waals surface area contributed by atoms with Crippen LogP contribution in [0.2, 0.25) is 0 Å². The van der Waals surface area contributed by atoms with Gasteiger partial charge in [-0.15, -0.1) is 0 Å². The van der Waals surface area contributed by atoms with Gasteiger partial charge in [0.05, 0.1) is 6.10 Å². The maximum absolute atomic E-state index is 13.0. The number of hydrogen-bond donors (Lipinski definition) is 2. The van der Waals surface area contributed by atoms with E-state index in [0.717, 1.165) is 23.3 Å². The van der Waals surface area contributed by atoms with Gasteiger partial charge in [-0.05, 0) is 44.1 Å². The zero-order valence-corrected chi connectivity index (χ0v) is 16.8. The van der Waals surface area contributed by atoms with Gasteiger partial charge in [0.25, 0.3) is 5.91 Å². The molecule has 2 atom stereocenters. The molecular weight excluding hydrogens is 370 g/mol. The molecule has 0 radical (unpaired) electrons. The molecule has 3 aliphatic rings. The van der Waals surface area contributed by atoms with Crippen LogP contribution in [0, 0.1) is 5.92 Å². The minimum absolute atomic E-state index is 0.0928. The summed E-state index contributed by atoms with van der Waals surface area (Å²) in [6, 6.07) is 8.32. The Morgan fingerprint density at radius 1 is 1.14 bits per heavy atom. The molecule has 1 saturated carbocycles. The molecule has 1 spiro atoms. The number of carbonyl (C=O) groups excluding carboxylic acids is 3. The number of piperidine rings is 1. The third kappa shape index (κ3) is 3.52. The van der Waals surface area contributed by atoms with Gasteiger partial charge in [0.1, 0.15) is 11.6 Å². The van der Waals surface area contributed by atoms with E-state index in [4.69, 9.17) is 0 Å². The van der Waals surface area contributed by atoms with Gasteiger partial charge < -0.3 is 15.3 Å². The summed E-state index contributed by atoms with van der Waals surface area (Å²) in [6.45, 7) is 2.68. The summed E-state index contributed by atoms with van der Waals surface area (Å²) < 4.78 is 0. The Bertz CT molecular complexity index is 783. The SMILES string of the molecule is CC(C(=O)N1CCC(C(O)c2ccccc2)CC1)N1C(=O)NC2(CCCC2)C1=O. The lowest BCUT2D eigenvalue weighted by atomic mass is 9.87. The van der Waals surface area contributed by atoms with Crippen LogP contribution in [0.25, 0.3) is 0 Å². The smallest absolute Gasteiger partial charge is 0.325 e. The second kappa shape index (κ2) is 7.78. The Labute approximate surface area is 171 Å². The second-order valence-corrected chi connectivity index (χ2v) is 8.59. The summed E-state index contributed by atoms with van der Waals surface area (Å²) in [5, 5.41) is 13.5. The molecule has 1 aromatic carbocycles. The predicted molar refractivity (Wildman–Crippen MR) is 107 cm³/mol. The Balaban J connectivity index is 1.37. The van der Waals surface area contributed by atoms with E-state index in [1.807, 2.05) is 30.3 Å². The average Bonchev–Trinajstić information content (AvgIpc) is 3.32. The fourth-order valence-electron chi connectivity index (χ4n) is 5.04. The normalized spacial score (nSPS) is 24.1. The first kappa shape index (κ1) is 19.9. The van der Waals surface area contributed by atoms with Gasteiger partial charge in [-0.1, -0.05) is 43.2 Å². The molecule has 2 N–H and O–H groups in total. The van der Waals surface area contributed by atoms with Crippen molar-refractivity contribution in [2.24, 2.45) is 5.92 Å². The van der Waals surface area contributed by atoms with Crippen LogP contribution in [-0.4, -0.2) is 57.4 Å². The zero-order valence-electron chi connectivity index (χ0n) is 16.8. The number of aliphatic hydroxyl groups excluding tert-OH is 1. The minimum atomic E-state index is -0.807. The molecule has 2 saturated heterocycles. The molecule has 4 amide bonds.